The molecule has 1 aromatic carbocycles. The van der Waals surface area contributed by atoms with Crippen LogP contribution in [-0.4, -0.2) is 13.3 Å². The first kappa shape index (κ1) is 16.9. The Morgan fingerprint density at radius 3 is 2.48 bits per heavy atom. The molecule has 0 fully saturated rings. The summed E-state index contributed by atoms with van der Waals surface area (Å²) in [5.74, 6) is 0. The Balaban J connectivity index is 2.28. The van der Waals surface area contributed by atoms with Crippen molar-refractivity contribution in [2.24, 2.45) is 0 Å². The van der Waals surface area contributed by atoms with Gasteiger partial charge in [-0.15, -0.1) is 0 Å². The van der Waals surface area contributed by atoms with Gasteiger partial charge in [-0.1, -0.05) is 20.8 Å². The second-order valence-corrected chi connectivity index (χ2v) is 13.2. The molecule has 4 heteroatoms. The summed E-state index contributed by atoms with van der Waals surface area (Å²) < 4.78 is 7.52. The van der Waals surface area contributed by atoms with Gasteiger partial charge >= 0.3 is 0 Å². The summed E-state index contributed by atoms with van der Waals surface area (Å²) in [6.07, 6.45) is 1.93. The van der Waals surface area contributed by atoms with Gasteiger partial charge in [0.05, 0.1) is 12.1 Å². The van der Waals surface area contributed by atoms with Crippen molar-refractivity contribution >= 4 is 41.8 Å². The zero-order valence-electron chi connectivity index (χ0n) is 13.7. The van der Waals surface area contributed by atoms with Gasteiger partial charge in [0.2, 0.25) is 0 Å². The first-order chi connectivity index (χ1) is 9.60. The van der Waals surface area contributed by atoms with Gasteiger partial charge < -0.3 is 4.43 Å². The van der Waals surface area contributed by atoms with Gasteiger partial charge in [0.15, 0.2) is 8.32 Å². The number of halogens is 1. The first-order valence-corrected chi connectivity index (χ1v) is 11.3. The van der Waals surface area contributed by atoms with Crippen LogP contribution in [0.25, 0.3) is 10.9 Å². The Kier molecular flexibility index (Phi) is 4.80. The fourth-order valence-corrected chi connectivity index (χ4v) is 3.75. The first-order valence-electron chi connectivity index (χ1n) is 7.29. The van der Waals surface area contributed by atoms with E-state index >= 15 is 0 Å². The Labute approximate surface area is 142 Å². The average molecular weight is 413 g/mol. The standard InChI is InChI=1S/C17H24INOSi/c1-12-7-14-8-13(9-15(18)16(14)19-10-12)11-20-21(5,6)17(2,3)4/h7-10H,11H2,1-6H3. The van der Waals surface area contributed by atoms with Gasteiger partial charge in [-0.2, -0.15) is 0 Å². The molecule has 0 atom stereocenters. The summed E-state index contributed by atoms with van der Waals surface area (Å²) in [5.41, 5.74) is 3.52. The normalized spacial score (nSPS) is 12.9. The molecule has 0 spiro atoms. The molecule has 2 aromatic rings. The molecule has 0 radical (unpaired) electrons. The molecule has 0 unspecified atom stereocenters. The topological polar surface area (TPSA) is 22.1 Å². The summed E-state index contributed by atoms with van der Waals surface area (Å²) >= 11 is 2.37. The number of aromatic nitrogens is 1. The third kappa shape index (κ3) is 3.84. The van der Waals surface area contributed by atoms with Crippen LogP contribution in [0.2, 0.25) is 18.1 Å². The maximum absolute atomic E-state index is 6.33. The number of aryl methyl sites for hydroxylation is 1. The number of benzene rings is 1. The number of hydrogen-bond acceptors (Lipinski definition) is 2. The van der Waals surface area contributed by atoms with E-state index in [9.17, 15) is 0 Å². The van der Waals surface area contributed by atoms with Crippen molar-refractivity contribution < 1.29 is 4.43 Å². The Hall–Kier alpha value is -0.463. The molecule has 2 rings (SSSR count). The average Bonchev–Trinajstić information content (AvgIpc) is 2.34. The van der Waals surface area contributed by atoms with Crippen LogP contribution in [0.1, 0.15) is 31.9 Å². The Morgan fingerprint density at radius 2 is 1.86 bits per heavy atom. The molecule has 0 saturated heterocycles. The molecule has 21 heavy (non-hydrogen) atoms. The molecule has 2 nitrogen and oxygen atoms in total. The van der Waals surface area contributed by atoms with E-state index in [0.717, 1.165) is 5.52 Å². The zero-order valence-corrected chi connectivity index (χ0v) is 16.9. The van der Waals surface area contributed by atoms with Gasteiger partial charge in [0, 0.05) is 15.2 Å². The maximum Gasteiger partial charge on any atom is 0.192 e. The highest BCUT2D eigenvalue weighted by Crippen LogP contribution is 2.37. The smallest absolute Gasteiger partial charge is 0.192 e. The van der Waals surface area contributed by atoms with E-state index in [1.165, 1.54) is 20.1 Å². The fourth-order valence-electron chi connectivity index (χ4n) is 1.94. The molecular weight excluding hydrogens is 389 g/mol. The van der Waals surface area contributed by atoms with Crippen molar-refractivity contribution in [1.82, 2.24) is 4.98 Å². The number of pyridine rings is 1. The molecule has 0 saturated carbocycles. The lowest BCUT2D eigenvalue weighted by Crippen LogP contribution is -2.40. The second kappa shape index (κ2) is 5.97. The van der Waals surface area contributed by atoms with Crippen LogP contribution in [-0.2, 0) is 11.0 Å². The lowest BCUT2D eigenvalue weighted by molar-refractivity contribution is 0.276. The van der Waals surface area contributed by atoms with Crippen molar-refractivity contribution in [1.29, 1.82) is 0 Å². The highest BCUT2D eigenvalue weighted by atomic mass is 127. The Morgan fingerprint density at radius 1 is 1.19 bits per heavy atom. The summed E-state index contributed by atoms with van der Waals surface area (Å²) in [6.45, 7) is 14.2. The van der Waals surface area contributed by atoms with Crippen LogP contribution in [0.3, 0.4) is 0 Å². The lowest BCUT2D eigenvalue weighted by Gasteiger charge is -2.36. The SMILES string of the molecule is Cc1cnc2c(I)cc(CO[Si](C)(C)C(C)(C)C)cc2c1. The van der Waals surface area contributed by atoms with E-state index in [4.69, 9.17) is 4.43 Å². The number of fused-ring (bicyclic) bond motifs is 1. The third-order valence-corrected chi connectivity index (χ3v) is 9.64. The molecule has 1 heterocycles. The molecule has 1 aromatic heterocycles. The second-order valence-electron chi connectivity index (χ2n) is 7.21. The van der Waals surface area contributed by atoms with Gasteiger partial charge in [-0.05, 0) is 77.0 Å². The summed E-state index contributed by atoms with van der Waals surface area (Å²) in [5, 5.41) is 1.45. The zero-order chi connectivity index (χ0) is 15.8. The molecule has 0 aliphatic heterocycles. The van der Waals surface area contributed by atoms with Crippen LogP contribution in [0, 0.1) is 10.5 Å². The molecule has 0 amide bonds. The largest absolute Gasteiger partial charge is 0.413 e. The summed E-state index contributed by atoms with van der Waals surface area (Å²) in [4.78, 5) is 4.53. The third-order valence-electron chi connectivity index (χ3n) is 4.34. The fraction of sp³-hybridized carbons (Fsp3) is 0.471. The van der Waals surface area contributed by atoms with E-state index in [1.807, 2.05) is 6.20 Å². The van der Waals surface area contributed by atoms with Crippen LogP contribution >= 0.6 is 22.6 Å². The van der Waals surface area contributed by atoms with Crippen LogP contribution < -0.4 is 0 Å². The summed E-state index contributed by atoms with van der Waals surface area (Å²) in [6, 6.07) is 6.60. The minimum absolute atomic E-state index is 0.245. The highest BCUT2D eigenvalue weighted by Gasteiger charge is 2.37. The van der Waals surface area contributed by atoms with E-state index in [-0.39, 0.29) is 5.04 Å². The highest BCUT2D eigenvalue weighted by molar-refractivity contribution is 14.1. The molecule has 0 bridgehead atoms. The van der Waals surface area contributed by atoms with Crippen molar-refractivity contribution in [3.63, 3.8) is 0 Å². The molecule has 0 aliphatic carbocycles. The predicted octanol–water partition coefficient (Wildman–Crippen LogP) is 5.67. The van der Waals surface area contributed by atoms with Gasteiger partial charge in [0.25, 0.3) is 0 Å². The van der Waals surface area contributed by atoms with Crippen molar-refractivity contribution in [3.8, 4) is 0 Å². The van der Waals surface area contributed by atoms with E-state index < -0.39 is 8.32 Å². The molecule has 0 N–H and O–H groups in total. The quantitative estimate of drug-likeness (QED) is 0.478. The van der Waals surface area contributed by atoms with E-state index in [0.29, 0.717) is 6.61 Å². The van der Waals surface area contributed by atoms with Crippen LogP contribution in [0.4, 0.5) is 0 Å². The molecular formula is C17H24INOSi. The van der Waals surface area contributed by atoms with Crippen LogP contribution in [0.15, 0.2) is 24.4 Å². The van der Waals surface area contributed by atoms with Gasteiger partial charge in [-0.3, -0.25) is 4.98 Å². The summed E-state index contributed by atoms with van der Waals surface area (Å²) in [7, 11) is -1.70. The monoisotopic (exact) mass is 413 g/mol. The Bertz CT molecular complexity index is 662. The molecule has 0 aliphatic rings. The predicted molar refractivity (Wildman–Crippen MR) is 101 cm³/mol. The van der Waals surface area contributed by atoms with Crippen molar-refractivity contribution in [2.75, 3.05) is 0 Å². The van der Waals surface area contributed by atoms with Crippen LogP contribution in [0.5, 0.6) is 0 Å². The number of nitrogens with zero attached hydrogens (tertiary/aromatic N) is 1. The van der Waals surface area contributed by atoms with E-state index in [1.54, 1.807) is 0 Å². The van der Waals surface area contributed by atoms with Gasteiger partial charge in [-0.25, -0.2) is 0 Å². The van der Waals surface area contributed by atoms with E-state index in [2.05, 4.69) is 86.6 Å². The number of hydrogen-bond donors (Lipinski definition) is 0. The van der Waals surface area contributed by atoms with Crippen molar-refractivity contribution in [3.05, 3.63) is 39.1 Å². The maximum atomic E-state index is 6.33. The minimum atomic E-state index is -1.70. The lowest BCUT2D eigenvalue weighted by atomic mass is 10.1. The minimum Gasteiger partial charge on any atom is -0.413 e. The van der Waals surface area contributed by atoms with Gasteiger partial charge in [0.1, 0.15) is 0 Å². The molecule has 114 valence electrons. The number of rotatable bonds is 3. The van der Waals surface area contributed by atoms with Crippen molar-refractivity contribution in [2.45, 2.75) is 52.4 Å².